The van der Waals surface area contributed by atoms with Crippen molar-refractivity contribution in [3.8, 4) is 0 Å². The van der Waals surface area contributed by atoms with E-state index in [0.717, 1.165) is 13.2 Å². The van der Waals surface area contributed by atoms with E-state index in [-0.39, 0.29) is 6.10 Å². The summed E-state index contributed by atoms with van der Waals surface area (Å²) in [7, 11) is 0. The van der Waals surface area contributed by atoms with E-state index in [2.05, 4.69) is 43.9 Å². The predicted octanol–water partition coefficient (Wildman–Crippen LogP) is 3.35. The van der Waals surface area contributed by atoms with Crippen molar-refractivity contribution in [2.45, 2.75) is 38.8 Å². The molecule has 0 aliphatic carbocycles. The summed E-state index contributed by atoms with van der Waals surface area (Å²) in [4.78, 5) is 2.41. The minimum atomic E-state index is 0.288. The third kappa shape index (κ3) is 2.75. The quantitative estimate of drug-likeness (QED) is 0.750. The Morgan fingerprint density at radius 3 is 2.88 bits per heavy atom. The van der Waals surface area contributed by atoms with Crippen LogP contribution in [0.15, 0.2) is 18.2 Å². The minimum absolute atomic E-state index is 0.288. The van der Waals surface area contributed by atoms with E-state index < -0.39 is 0 Å². The van der Waals surface area contributed by atoms with Crippen LogP contribution in [0.3, 0.4) is 0 Å². The molecule has 1 heterocycles. The van der Waals surface area contributed by atoms with Gasteiger partial charge >= 0.3 is 0 Å². The molecule has 0 amide bonds. The number of rotatable bonds is 2. The lowest BCUT2D eigenvalue weighted by atomic mass is 10.1. The Morgan fingerprint density at radius 1 is 1.41 bits per heavy atom. The van der Waals surface area contributed by atoms with Crippen molar-refractivity contribution in [3.63, 3.8) is 0 Å². The van der Waals surface area contributed by atoms with Gasteiger partial charge in [-0.3, -0.25) is 0 Å². The fourth-order valence-electron chi connectivity index (χ4n) is 2.34. The van der Waals surface area contributed by atoms with E-state index in [0.29, 0.717) is 11.9 Å². The van der Waals surface area contributed by atoms with Gasteiger partial charge in [0.1, 0.15) is 0 Å². The number of nitrogens with zero attached hydrogens (tertiary/aromatic N) is 1. The van der Waals surface area contributed by atoms with Crippen molar-refractivity contribution in [1.29, 1.82) is 0 Å². The molecule has 2 atom stereocenters. The van der Waals surface area contributed by atoms with Crippen LogP contribution in [-0.2, 0) is 10.6 Å². The van der Waals surface area contributed by atoms with E-state index in [9.17, 15) is 0 Å². The van der Waals surface area contributed by atoms with Gasteiger partial charge in [-0.15, -0.1) is 11.6 Å². The number of anilines is 1. The Kier molecular flexibility index (Phi) is 3.95. The Bertz CT molecular complexity index is 394. The molecule has 0 saturated carbocycles. The third-order valence-corrected chi connectivity index (χ3v) is 3.58. The summed E-state index contributed by atoms with van der Waals surface area (Å²) in [5.41, 5.74) is 3.74. The molecular formula is C14H20ClNO. The lowest BCUT2D eigenvalue weighted by molar-refractivity contribution is 0.0343. The van der Waals surface area contributed by atoms with Gasteiger partial charge in [0.05, 0.1) is 12.7 Å². The van der Waals surface area contributed by atoms with Crippen LogP contribution in [0.5, 0.6) is 0 Å². The average molecular weight is 254 g/mol. The van der Waals surface area contributed by atoms with Gasteiger partial charge in [0, 0.05) is 24.2 Å². The van der Waals surface area contributed by atoms with Crippen molar-refractivity contribution >= 4 is 17.3 Å². The SMILES string of the molecule is Cc1ccc(N2CC(C)OCC2C)c(CCl)c1. The molecule has 2 unspecified atom stereocenters. The molecule has 94 valence electrons. The predicted molar refractivity (Wildman–Crippen MR) is 73.0 cm³/mol. The highest BCUT2D eigenvalue weighted by Crippen LogP contribution is 2.27. The van der Waals surface area contributed by atoms with Gasteiger partial charge in [-0.2, -0.15) is 0 Å². The first-order valence-corrected chi connectivity index (χ1v) is 6.69. The second-order valence-corrected chi connectivity index (χ2v) is 5.18. The number of hydrogen-bond donors (Lipinski definition) is 0. The molecule has 0 bridgehead atoms. The van der Waals surface area contributed by atoms with Gasteiger partial charge in [-0.1, -0.05) is 17.7 Å². The number of alkyl halides is 1. The van der Waals surface area contributed by atoms with E-state index in [4.69, 9.17) is 16.3 Å². The number of ether oxygens (including phenoxy) is 1. The Morgan fingerprint density at radius 2 is 2.18 bits per heavy atom. The first-order chi connectivity index (χ1) is 8.11. The summed E-state index contributed by atoms with van der Waals surface area (Å²) < 4.78 is 5.66. The van der Waals surface area contributed by atoms with E-state index in [1.165, 1.54) is 16.8 Å². The molecule has 2 rings (SSSR count). The summed E-state index contributed by atoms with van der Waals surface area (Å²) in [6, 6.07) is 6.92. The van der Waals surface area contributed by atoms with E-state index in [1.54, 1.807) is 0 Å². The number of aryl methyl sites for hydroxylation is 1. The molecule has 1 aromatic rings. The van der Waals surface area contributed by atoms with Crippen LogP contribution in [0.2, 0.25) is 0 Å². The lowest BCUT2D eigenvalue weighted by Gasteiger charge is -2.39. The van der Waals surface area contributed by atoms with Crippen LogP contribution < -0.4 is 4.90 Å². The van der Waals surface area contributed by atoms with E-state index >= 15 is 0 Å². The van der Waals surface area contributed by atoms with Crippen LogP contribution in [0.4, 0.5) is 5.69 Å². The zero-order valence-electron chi connectivity index (χ0n) is 10.7. The van der Waals surface area contributed by atoms with Crippen LogP contribution >= 0.6 is 11.6 Å². The molecule has 1 saturated heterocycles. The highest BCUT2D eigenvalue weighted by molar-refractivity contribution is 6.17. The van der Waals surface area contributed by atoms with Crippen molar-refractivity contribution in [2.75, 3.05) is 18.1 Å². The van der Waals surface area contributed by atoms with Crippen molar-refractivity contribution in [2.24, 2.45) is 0 Å². The first kappa shape index (κ1) is 12.7. The van der Waals surface area contributed by atoms with Gasteiger partial charge in [-0.25, -0.2) is 0 Å². The van der Waals surface area contributed by atoms with Gasteiger partial charge < -0.3 is 9.64 Å². The van der Waals surface area contributed by atoms with Crippen molar-refractivity contribution in [3.05, 3.63) is 29.3 Å². The Hall–Kier alpha value is -0.730. The lowest BCUT2D eigenvalue weighted by Crippen LogP contribution is -2.47. The monoisotopic (exact) mass is 253 g/mol. The smallest absolute Gasteiger partial charge is 0.0723 e. The van der Waals surface area contributed by atoms with Crippen molar-refractivity contribution in [1.82, 2.24) is 0 Å². The molecule has 0 aromatic heterocycles. The maximum absolute atomic E-state index is 6.05. The Labute approximate surface area is 109 Å². The van der Waals surface area contributed by atoms with E-state index in [1.807, 2.05) is 0 Å². The van der Waals surface area contributed by atoms with Crippen molar-refractivity contribution < 1.29 is 4.74 Å². The zero-order chi connectivity index (χ0) is 12.4. The number of morpholine rings is 1. The first-order valence-electron chi connectivity index (χ1n) is 6.15. The van der Waals surface area contributed by atoms with Gasteiger partial charge in [0.2, 0.25) is 0 Å². The molecule has 3 heteroatoms. The van der Waals surface area contributed by atoms with Gasteiger partial charge in [0.25, 0.3) is 0 Å². The van der Waals surface area contributed by atoms with Crippen LogP contribution in [0.1, 0.15) is 25.0 Å². The molecule has 0 N–H and O–H groups in total. The fourth-order valence-corrected chi connectivity index (χ4v) is 2.55. The molecule has 0 spiro atoms. The molecule has 2 nitrogen and oxygen atoms in total. The largest absolute Gasteiger partial charge is 0.375 e. The van der Waals surface area contributed by atoms with Gasteiger partial charge in [-0.05, 0) is 32.4 Å². The molecule has 1 fully saturated rings. The number of benzene rings is 1. The standard InChI is InChI=1S/C14H20ClNO/c1-10-4-5-14(13(6-10)7-15)16-8-12(3)17-9-11(16)2/h4-6,11-12H,7-9H2,1-3H3. The second-order valence-electron chi connectivity index (χ2n) is 4.91. The molecule has 1 aromatic carbocycles. The third-order valence-electron chi connectivity index (χ3n) is 3.30. The molecule has 0 radical (unpaired) electrons. The summed E-state index contributed by atoms with van der Waals surface area (Å²) in [6.45, 7) is 8.15. The number of halogens is 1. The second kappa shape index (κ2) is 5.28. The fraction of sp³-hybridized carbons (Fsp3) is 0.571. The zero-order valence-corrected chi connectivity index (χ0v) is 11.5. The Balaban J connectivity index is 2.31. The topological polar surface area (TPSA) is 12.5 Å². The minimum Gasteiger partial charge on any atom is -0.375 e. The average Bonchev–Trinajstić information content (AvgIpc) is 2.32. The normalized spacial score (nSPS) is 25.1. The number of hydrogen-bond acceptors (Lipinski definition) is 2. The highest BCUT2D eigenvalue weighted by Gasteiger charge is 2.24. The summed E-state index contributed by atoms with van der Waals surface area (Å²) in [5.74, 6) is 0.565. The van der Waals surface area contributed by atoms with Crippen LogP contribution in [-0.4, -0.2) is 25.3 Å². The summed E-state index contributed by atoms with van der Waals surface area (Å²) in [6.07, 6.45) is 0.288. The molecule has 1 aliphatic rings. The van der Waals surface area contributed by atoms with Crippen LogP contribution in [0.25, 0.3) is 0 Å². The van der Waals surface area contributed by atoms with Crippen LogP contribution in [0, 0.1) is 6.92 Å². The maximum atomic E-state index is 6.05. The molecule has 1 aliphatic heterocycles. The molecule has 17 heavy (non-hydrogen) atoms. The summed E-state index contributed by atoms with van der Waals surface area (Å²) in [5, 5.41) is 0. The maximum Gasteiger partial charge on any atom is 0.0723 e. The summed E-state index contributed by atoms with van der Waals surface area (Å²) >= 11 is 6.05. The molecular weight excluding hydrogens is 234 g/mol. The van der Waals surface area contributed by atoms with Gasteiger partial charge in [0.15, 0.2) is 0 Å². The highest BCUT2D eigenvalue weighted by atomic mass is 35.5.